The van der Waals surface area contributed by atoms with E-state index in [1.165, 1.54) is 0 Å². The van der Waals surface area contributed by atoms with E-state index in [0.717, 1.165) is 26.5 Å². The highest BCUT2D eigenvalue weighted by atomic mass is 32.1. The number of fused-ring (bicyclic) bond motifs is 1. The molecule has 2 aromatic carbocycles. The number of nitrogens with one attached hydrogen (secondary N) is 1. The van der Waals surface area contributed by atoms with Crippen LogP contribution in [-0.4, -0.2) is 31.7 Å². The molecule has 154 valence electrons. The fraction of sp³-hybridized carbons (Fsp3) is 0.125. The molecule has 31 heavy (non-hydrogen) atoms. The predicted octanol–water partition coefficient (Wildman–Crippen LogP) is 4.47. The minimum Gasteiger partial charge on any atom is -0.309 e. The van der Waals surface area contributed by atoms with E-state index in [2.05, 4.69) is 15.0 Å². The second-order valence-corrected chi connectivity index (χ2v) is 8.54. The molecule has 0 fully saturated rings. The zero-order valence-electron chi connectivity index (χ0n) is 17.0. The van der Waals surface area contributed by atoms with Gasteiger partial charge in [-0.25, -0.2) is 9.67 Å². The van der Waals surface area contributed by atoms with Gasteiger partial charge in [-0.15, -0.1) is 11.3 Å². The van der Waals surface area contributed by atoms with Crippen molar-refractivity contribution in [2.45, 2.75) is 13.1 Å². The molecule has 0 saturated carbocycles. The van der Waals surface area contributed by atoms with Crippen LogP contribution in [-0.2, 0) is 13.1 Å². The van der Waals surface area contributed by atoms with Gasteiger partial charge >= 0.3 is 0 Å². The first-order valence-corrected chi connectivity index (χ1v) is 10.8. The van der Waals surface area contributed by atoms with Crippen molar-refractivity contribution in [1.82, 2.24) is 24.6 Å². The van der Waals surface area contributed by atoms with Crippen molar-refractivity contribution in [3.8, 4) is 16.1 Å². The summed E-state index contributed by atoms with van der Waals surface area (Å²) < 4.78 is 1.87. The summed E-state index contributed by atoms with van der Waals surface area (Å²) in [5, 5.41) is 5.09. The number of rotatable bonds is 6. The summed E-state index contributed by atoms with van der Waals surface area (Å²) in [6.45, 7) is 1.24. The molecule has 0 atom stereocenters. The molecule has 0 aliphatic carbocycles. The first kappa shape index (κ1) is 19.4. The van der Waals surface area contributed by atoms with Gasteiger partial charge in [-0.1, -0.05) is 48.5 Å². The first-order valence-electron chi connectivity index (χ1n) is 10.0. The van der Waals surface area contributed by atoms with E-state index in [-0.39, 0.29) is 5.56 Å². The van der Waals surface area contributed by atoms with Crippen LogP contribution in [0.5, 0.6) is 0 Å². The van der Waals surface area contributed by atoms with Gasteiger partial charge in [0, 0.05) is 23.2 Å². The number of hydrogen-bond acceptors (Lipinski definition) is 5. The molecule has 3 heterocycles. The van der Waals surface area contributed by atoms with Crippen molar-refractivity contribution in [3.63, 3.8) is 0 Å². The molecule has 0 aliphatic rings. The predicted molar refractivity (Wildman–Crippen MR) is 124 cm³/mol. The third-order valence-corrected chi connectivity index (χ3v) is 6.12. The number of nitrogens with zero attached hydrogens (tertiary/aromatic N) is 4. The number of hydrogen-bond donors (Lipinski definition) is 1. The van der Waals surface area contributed by atoms with Crippen LogP contribution >= 0.6 is 11.3 Å². The van der Waals surface area contributed by atoms with Crippen LogP contribution < -0.4 is 5.56 Å². The molecule has 7 heteroatoms. The van der Waals surface area contributed by atoms with Crippen molar-refractivity contribution in [1.29, 1.82) is 0 Å². The maximum Gasteiger partial charge on any atom is 0.259 e. The van der Waals surface area contributed by atoms with Gasteiger partial charge in [0.25, 0.3) is 5.56 Å². The molecular weight excluding hydrogens is 406 g/mol. The summed E-state index contributed by atoms with van der Waals surface area (Å²) in [5.41, 5.74) is 3.12. The molecule has 5 aromatic rings. The molecule has 0 bridgehead atoms. The second kappa shape index (κ2) is 8.29. The SMILES string of the molecule is CN(Cc1cnn(-c2ccccc2)c1)Cc1nc2sc(-c3ccccc3)cc2c(=O)[nH]1. The maximum absolute atomic E-state index is 12.6. The number of para-hydroxylation sites is 1. The third-order valence-electron chi connectivity index (χ3n) is 5.04. The molecule has 0 amide bonds. The molecule has 0 spiro atoms. The molecular formula is C24H21N5OS. The highest BCUT2D eigenvalue weighted by molar-refractivity contribution is 7.21. The van der Waals surface area contributed by atoms with Crippen LogP contribution in [0.1, 0.15) is 11.4 Å². The zero-order valence-corrected chi connectivity index (χ0v) is 17.8. The quantitative estimate of drug-likeness (QED) is 0.434. The molecule has 6 nitrogen and oxygen atoms in total. The minimum atomic E-state index is -0.0938. The van der Waals surface area contributed by atoms with Gasteiger partial charge in [-0.05, 0) is 30.8 Å². The Kier molecular flexibility index (Phi) is 5.19. The van der Waals surface area contributed by atoms with Crippen molar-refractivity contribution in [2.75, 3.05) is 7.05 Å². The Balaban J connectivity index is 1.33. The van der Waals surface area contributed by atoms with E-state index in [1.807, 2.05) is 90.9 Å². The van der Waals surface area contributed by atoms with E-state index in [9.17, 15) is 4.79 Å². The van der Waals surface area contributed by atoms with Gasteiger partial charge in [0.1, 0.15) is 10.7 Å². The van der Waals surface area contributed by atoms with E-state index >= 15 is 0 Å². The normalized spacial score (nSPS) is 11.4. The molecule has 1 N–H and O–H groups in total. The Morgan fingerprint density at radius 2 is 1.77 bits per heavy atom. The maximum atomic E-state index is 12.6. The minimum absolute atomic E-state index is 0.0938. The Hall–Kier alpha value is -3.55. The zero-order chi connectivity index (χ0) is 21.2. The van der Waals surface area contributed by atoms with Crippen LogP contribution in [0.25, 0.3) is 26.3 Å². The first-order chi connectivity index (χ1) is 15.2. The number of aromatic nitrogens is 4. The topological polar surface area (TPSA) is 66.8 Å². The molecule has 0 aliphatic heterocycles. The van der Waals surface area contributed by atoms with E-state index in [1.54, 1.807) is 11.3 Å². The number of aromatic amines is 1. The second-order valence-electron chi connectivity index (χ2n) is 7.51. The monoisotopic (exact) mass is 427 g/mol. The van der Waals surface area contributed by atoms with Gasteiger partial charge in [-0.2, -0.15) is 5.10 Å². The van der Waals surface area contributed by atoms with E-state index < -0.39 is 0 Å². The summed E-state index contributed by atoms with van der Waals surface area (Å²) >= 11 is 1.55. The summed E-state index contributed by atoms with van der Waals surface area (Å²) in [7, 11) is 2.01. The smallest absolute Gasteiger partial charge is 0.259 e. The summed E-state index contributed by atoms with van der Waals surface area (Å²) in [6, 6.07) is 22.0. The Labute approximate surface area is 183 Å². The molecule has 0 saturated heterocycles. The highest BCUT2D eigenvalue weighted by Gasteiger charge is 2.12. The van der Waals surface area contributed by atoms with Crippen molar-refractivity contribution in [2.24, 2.45) is 0 Å². The van der Waals surface area contributed by atoms with Crippen LogP contribution in [0, 0.1) is 0 Å². The van der Waals surface area contributed by atoms with Crippen molar-refractivity contribution in [3.05, 3.63) is 101 Å². The van der Waals surface area contributed by atoms with Gasteiger partial charge in [0.15, 0.2) is 0 Å². The van der Waals surface area contributed by atoms with E-state index in [0.29, 0.717) is 24.3 Å². The number of H-pyrrole nitrogens is 1. The Morgan fingerprint density at radius 3 is 2.55 bits per heavy atom. The average molecular weight is 428 g/mol. The lowest BCUT2D eigenvalue weighted by atomic mass is 10.2. The summed E-state index contributed by atoms with van der Waals surface area (Å²) in [5.74, 6) is 0.664. The Bertz CT molecular complexity index is 1370. The lowest BCUT2D eigenvalue weighted by Gasteiger charge is -2.14. The molecule has 3 aromatic heterocycles. The lowest BCUT2D eigenvalue weighted by molar-refractivity contribution is 0.311. The third kappa shape index (κ3) is 4.19. The Morgan fingerprint density at radius 1 is 1.03 bits per heavy atom. The van der Waals surface area contributed by atoms with Crippen LogP contribution in [0.2, 0.25) is 0 Å². The number of benzene rings is 2. The van der Waals surface area contributed by atoms with E-state index in [4.69, 9.17) is 4.98 Å². The number of thiophene rings is 1. The van der Waals surface area contributed by atoms with Crippen molar-refractivity contribution >= 4 is 21.6 Å². The summed E-state index contributed by atoms with van der Waals surface area (Å²) in [6.07, 6.45) is 3.89. The van der Waals surface area contributed by atoms with Gasteiger partial charge in [0.2, 0.25) is 0 Å². The molecule has 0 unspecified atom stereocenters. The highest BCUT2D eigenvalue weighted by Crippen LogP contribution is 2.30. The van der Waals surface area contributed by atoms with Crippen LogP contribution in [0.15, 0.2) is 83.9 Å². The van der Waals surface area contributed by atoms with Gasteiger partial charge in [-0.3, -0.25) is 9.69 Å². The fourth-order valence-electron chi connectivity index (χ4n) is 3.58. The molecule has 0 radical (unpaired) electrons. The fourth-order valence-corrected chi connectivity index (χ4v) is 4.64. The average Bonchev–Trinajstić information content (AvgIpc) is 3.42. The largest absolute Gasteiger partial charge is 0.309 e. The lowest BCUT2D eigenvalue weighted by Crippen LogP contribution is -2.21. The van der Waals surface area contributed by atoms with Crippen LogP contribution in [0.3, 0.4) is 0 Å². The standard InChI is InChI=1S/C24H21N5OS/c1-28(14-17-13-25-29(15-17)19-10-6-3-7-11-19)16-22-26-23(30)20-12-21(31-24(20)27-22)18-8-4-2-5-9-18/h2-13,15H,14,16H2,1H3,(H,26,27,30). The van der Waals surface area contributed by atoms with Crippen LogP contribution in [0.4, 0.5) is 0 Å². The van der Waals surface area contributed by atoms with Gasteiger partial charge in [0.05, 0.1) is 23.8 Å². The van der Waals surface area contributed by atoms with Crippen molar-refractivity contribution < 1.29 is 0 Å². The molecule has 5 rings (SSSR count). The summed E-state index contributed by atoms with van der Waals surface area (Å²) in [4.78, 5) is 24.2. The van der Waals surface area contributed by atoms with Gasteiger partial charge < -0.3 is 4.98 Å².